The van der Waals surface area contributed by atoms with Gasteiger partial charge in [-0.05, 0) is 37.8 Å². The van der Waals surface area contributed by atoms with Crippen LogP contribution in [0, 0.1) is 5.92 Å². The lowest BCUT2D eigenvalue weighted by atomic mass is 9.81. The predicted molar refractivity (Wildman–Crippen MR) is 55.0 cm³/mol. The maximum atomic E-state index is 11.6. The summed E-state index contributed by atoms with van der Waals surface area (Å²) in [5, 5.41) is 0. The average Bonchev–Trinajstić information content (AvgIpc) is 2.52. The van der Waals surface area contributed by atoms with Crippen LogP contribution < -0.4 is 0 Å². The van der Waals surface area contributed by atoms with Gasteiger partial charge in [-0.2, -0.15) is 0 Å². The van der Waals surface area contributed by atoms with E-state index in [2.05, 4.69) is 0 Å². The van der Waals surface area contributed by atoms with Crippen LogP contribution in [0.4, 0.5) is 0 Å². The summed E-state index contributed by atoms with van der Waals surface area (Å²) >= 11 is 0. The Bertz CT molecular complexity index is 312. The van der Waals surface area contributed by atoms with Crippen LogP contribution in [-0.2, 0) is 9.53 Å². The van der Waals surface area contributed by atoms with Crippen LogP contribution in [0.15, 0.2) is 23.3 Å². The molecule has 0 aromatic heterocycles. The van der Waals surface area contributed by atoms with Crippen molar-refractivity contribution < 1.29 is 9.53 Å². The van der Waals surface area contributed by atoms with E-state index in [-0.39, 0.29) is 11.9 Å². The lowest BCUT2D eigenvalue weighted by molar-refractivity contribution is -0.111. The van der Waals surface area contributed by atoms with Crippen LogP contribution in [0.2, 0.25) is 0 Å². The first-order valence-corrected chi connectivity index (χ1v) is 5.22. The molecule has 14 heavy (non-hydrogen) atoms. The second-order valence-electron chi connectivity index (χ2n) is 3.96. The molecule has 0 unspecified atom stereocenters. The summed E-state index contributed by atoms with van der Waals surface area (Å²) in [6.45, 7) is 1.94. The van der Waals surface area contributed by atoms with E-state index in [0.29, 0.717) is 5.92 Å². The zero-order valence-corrected chi connectivity index (χ0v) is 8.75. The molecule has 2 nitrogen and oxygen atoms in total. The predicted octanol–water partition coefficient (Wildman–Crippen LogP) is 2.26. The van der Waals surface area contributed by atoms with Crippen molar-refractivity contribution in [1.82, 2.24) is 0 Å². The molecule has 1 saturated carbocycles. The summed E-state index contributed by atoms with van der Waals surface area (Å²) in [4.78, 5) is 11.6. The van der Waals surface area contributed by atoms with Crippen LogP contribution in [0.5, 0.6) is 0 Å². The molecule has 0 aliphatic heterocycles. The summed E-state index contributed by atoms with van der Waals surface area (Å²) < 4.78 is 5.40. The van der Waals surface area contributed by atoms with Gasteiger partial charge in [0, 0.05) is 18.6 Å². The van der Waals surface area contributed by atoms with E-state index in [4.69, 9.17) is 4.74 Å². The van der Waals surface area contributed by atoms with Gasteiger partial charge in [-0.3, -0.25) is 4.79 Å². The highest BCUT2D eigenvalue weighted by molar-refractivity contribution is 6.08. The number of hydrogen-bond donors (Lipinski definition) is 0. The average molecular weight is 192 g/mol. The van der Waals surface area contributed by atoms with Gasteiger partial charge in [0.1, 0.15) is 0 Å². The van der Waals surface area contributed by atoms with Gasteiger partial charge in [-0.25, -0.2) is 0 Å². The molecule has 76 valence electrons. The summed E-state index contributed by atoms with van der Waals surface area (Å²) in [7, 11) is 1.73. The number of fused-ring (bicyclic) bond motifs is 1. The van der Waals surface area contributed by atoms with Gasteiger partial charge in [-0.1, -0.05) is 6.08 Å². The highest BCUT2D eigenvalue weighted by Gasteiger charge is 2.36. The number of rotatable bonds is 1. The summed E-state index contributed by atoms with van der Waals surface area (Å²) in [6, 6.07) is 0. The molecule has 0 amide bonds. The van der Waals surface area contributed by atoms with E-state index < -0.39 is 0 Å². The van der Waals surface area contributed by atoms with Crippen molar-refractivity contribution in [3.63, 3.8) is 0 Å². The van der Waals surface area contributed by atoms with Gasteiger partial charge in [-0.15, -0.1) is 0 Å². The quantitative estimate of drug-likeness (QED) is 0.596. The first-order chi connectivity index (χ1) is 6.77. The van der Waals surface area contributed by atoms with Gasteiger partial charge in [0.05, 0.1) is 6.10 Å². The van der Waals surface area contributed by atoms with Gasteiger partial charge in [0.15, 0.2) is 5.78 Å². The Morgan fingerprint density at radius 3 is 2.93 bits per heavy atom. The fourth-order valence-electron chi connectivity index (χ4n) is 2.60. The molecular formula is C12H16O2. The van der Waals surface area contributed by atoms with E-state index in [0.717, 1.165) is 24.8 Å². The van der Waals surface area contributed by atoms with E-state index in [1.54, 1.807) is 13.2 Å². The fourth-order valence-corrected chi connectivity index (χ4v) is 2.60. The molecule has 0 spiro atoms. The van der Waals surface area contributed by atoms with Crippen LogP contribution in [0.3, 0.4) is 0 Å². The minimum atomic E-state index is 0.176. The van der Waals surface area contributed by atoms with Crippen LogP contribution in [-0.4, -0.2) is 19.0 Å². The zero-order valence-electron chi connectivity index (χ0n) is 8.75. The van der Waals surface area contributed by atoms with E-state index in [9.17, 15) is 4.79 Å². The normalized spacial score (nSPS) is 34.6. The zero-order chi connectivity index (χ0) is 10.1. The second-order valence-corrected chi connectivity index (χ2v) is 3.96. The molecule has 2 rings (SSSR count). The van der Waals surface area contributed by atoms with Crippen molar-refractivity contribution in [2.24, 2.45) is 5.92 Å². The fraction of sp³-hybridized carbons (Fsp3) is 0.583. The molecule has 2 aliphatic rings. The third-order valence-corrected chi connectivity index (χ3v) is 3.29. The molecule has 0 aromatic rings. The summed E-state index contributed by atoms with van der Waals surface area (Å²) in [5.41, 5.74) is 2.18. The van der Waals surface area contributed by atoms with Crippen LogP contribution in [0.25, 0.3) is 0 Å². The number of hydrogen-bond acceptors (Lipinski definition) is 2. The van der Waals surface area contributed by atoms with Crippen LogP contribution in [0.1, 0.15) is 26.2 Å². The molecule has 0 radical (unpaired) electrons. The minimum Gasteiger partial charge on any atom is -0.377 e. The lowest BCUT2D eigenvalue weighted by Gasteiger charge is -2.28. The van der Waals surface area contributed by atoms with Crippen molar-refractivity contribution in [1.29, 1.82) is 0 Å². The monoisotopic (exact) mass is 192 g/mol. The Morgan fingerprint density at radius 1 is 1.50 bits per heavy atom. The second kappa shape index (κ2) is 3.70. The van der Waals surface area contributed by atoms with Crippen molar-refractivity contribution in [3.8, 4) is 0 Å². The van der Waals surface area contributed by atoms with Crippen molar-refractivity contribution in [2.45, 2.75) is 32.3 Å². The van der Waals surface area contributed by atoms with Gasteiger partial charge >= 0.3 is 0 Å². The molecule has 0 N–H and O–H groups in total. The highest BCUT2D eigenvalue weighted by atomic mass is 16.5. The number of ether oxygens (including phenoxy) is 1. The maximum Gasteiger partial charge on any atom is 0.182 e. The summed E-state index contributed by atoms with van der Waals surface area (Å²) in [6.07, 6.45) is 7.24. The number of methoxy groups -OCH3 is 1. The molecule has 2 aliphatic carbocycles. The Labute approximate surface area is 84.6 Å². The Kier molecular flexibility index (Phi) is 2.55. The molecule has 0 aromatic carbocycles. The number of allylic oxidation sites excluding steroid dienone is 3. The topological polar surface area (TPSA) is 26.3 Å². The molecular weight excluding hydrogens is 176 g/mol. The Hall–Kier alpha value is -0.890. The Morgan fingerprint density at radius 2 is 2.29 bits per heavy atom. The molecule has 2 heteroatoms. The smallest absolute Gasteiger partial charge is 0.182 e. The van der Waals surface area contributed by atoms with E-state index in [1.165, 1.54) is 5.57 Å². The number of carbonyl (C=O) groups excluding carboxylic acids is 1. The summed E-state index contributed by atoms with van der Waals surface area (Å²) in [5.74, 6) is 0.544. The lowest BCUT2D eigenvalue weighted by Crippen LogP contribution is -2.24. The molecule has 0 saturated heterocycles. The first kappa shape index (κ1) is 9.66. The van der Waals surface area contributed by atoms with Crippen molar-refractivity contribution in [2.75, 3.05) is 7.11 Å². The van der Waals surface area contributed by atoms with Gasteiger partial charge in [0.2, 0.25) is 0 Å². The molecule has 2 atom stereocenters. The van der Waals surface area contributed by atoms with Gasteiger partial charge in [0.25, 0.3) is 0 Å². The number of carbonyl (C=O) groups is 1. The third kappa shape index (κ3) is 1.34. The molecule has 0 heterocycles. The highest BCUT2D eigenvalue weighted by Crippen LogP contribution is 2.40. The van der Waals surface area contributed by atoms with Gasteiger partial charge < -0.3 is 4.74 Å². The Balaban J connectivity index is 2.31. The largest absolute Gasteiger partial charge is 0.377 e. The van der Waals surface area contributed by atoms with E-state index >= 15 is 0 Å². The first-order valence-electron chi connectivity index (χ1n) is 5.22. The maximum absolute atomic E-state index is 11.6. The standard InChI is InChI=1S/C12H16O2/c1-3-8-9-5-4-6-12(14-2)10(9)7-11(8)13/h3,7,9,12H,4-6H2,1-2H3/b8-3+/t9-,12-/m0/s1. The van der Waals surface area contributed by atoms with Crippen LogP contribution >= 0.6 is 0 Å². The van der Waals surface area contributed by atoms with E-state index in [1.807, 2.05) is 13.0 Å². The van der Waals surface area contributed by atoms with Crippen molar-refractivity contribution in [3.05, 3.63) is 23.3 Å². The number of ketones is 1. The SMILES string of the molecule is C/C=C1/C(=O)C=C2[C@@H](OC)CCC[C@H]21. The minimum absolute atomic E-state index is 0.176. The third-order valence-electron chi connectivity index (χ3n) is 3.29. The van der Waals surface area contributed by atoms with Crippen molar-refractivity contribution >= 4 is 5.78 Å². The molecule has 0 bridgehead atoms. The molecule has 1 fully saturated rings.